The maximum Gasteiger partial charge on any atom is 0.151 e. The van der Waals surface area contributed by atoms with Crippen LogP contribution in [0.1, 0.15) is 27.0 Å². The topological polar surface area (TPSA) is 54.7 Å². The number of rotatable bonds is 1. The molecule has 3 N–H and O–H groups in total. The Hall–Kier alpha value is -1.42. The fourth-order valence-electron chi connectivity index (χ4n) is 1.49. The van der Waals surface area contributed by atoms with E-state index in [-0.39, 0.29) is 13.2 Å². The average Bonchev–Trinajstić information content (AvgIpc) is 2.47. The monoisotopic (exact) mass is 209 g/mol. The summed E-state index contributed by atoms with van der Waals surface area (Å²) in [5.41, 5.74) is 6.49. The van der Waals surface area contributed by atoms with Crippen molar-refractivity contribution < 1.29 is 4.39 Å². The van der Waals surface area contributed by atoms with Gasteiger partial charge in [0.2, 0.25) is 0 Å². The van der Waals surface area contributed by atoms with Gasteiger partial charge < -0.3 is 5.73 Å². The molecule has 2 rings (SSSR count). The predicted octanol–water partition coefficient (Wildman–Crippen LogP) is 2.53. The first-order valence-electron chi connectivity index (χ1n) is 4.42. The lowest BCUT2D eigenvalue weighted by atomic mass is 9.99. The summed E-state index contributed by atoms with van der Waals surface area (Å²) in [6, 6.07) is 4.85. The number of nitrogens with two attached hydrogens (primary N) is 1. The largest absolute Gasteiger partial charge is 0.321 e. The number of H-pyrrole nitrogens is 1. The molecule has 0 saturated heterocycles. The van der Waals surface area contributed by atoms with Crippen LogP contribution in [0.4, 0.5) is 4.39 Å². The van der Waals surface area contributed by atoms with Gasteiger partial charge >= 0.3 is 0 Å². The van der Waals surface area contributed by atoms with Crippen LogP contribution in [-0.2, 0) is 5.54 Å². The van der Waals surface area contributed by atoms with Crippen LogP contribution in [0.15, 0.2) is 18.2 Å². The average molecular weight is 209 g/mol. The molecule has 0 aliphatic heterocycles. The molecule has 0 saturated carbocycles. The number of aromatic nitrogens is 2. The molecule has 82 valence electrons. The summed E-state index contributed by atoms with van der Waals surface area (Å²) in [5.74, 6) is -0.325. The minimum Gasteiger partial charge on any atom is -0.321 e. The molecule has 0 radical (unpaired) electrons. The second kappa shape index (κ2) is 3.62. The van der Waals surface area contributed by atoms with Crippen molar-refractivity contribution in [2.75, 3.05) is 0 Å². The van der Waals surface area contributed by atoms with E-state index in [1.165, 1.54) is 6.07 Å². The summed E-state index contributed by atoms with van der Waals surface area (Å²) < 4.78 is 13.3. The van der Waals surface area contributed by atoms with E-state index in [9.17, 15) is 4.39 Å². The molecule has 0 aliphatic rings. The summed E-state index contributed by atoms with van der Waals surface area (Å²) in [4.78, 5) is 0. The Labute approximate surface area is 88.5 Å². The van der Waals surface area contributed by atoms with Crippen LogP contribution >= 0.6 is 0 Å². The van der Waals surface area contributed by atoms with Crippen LogP contribution in [0, 0.1) is 5.82 Å². The first-order chi connectivity index (χ1) is 6.50. The van der Waals surface area contributed by atoms with Gasteiger partial charge in [0.1, 0.15) is 5.52 Å². The Morgan fingerprint density at radius 1 is 1.40 bits per heavy atom. The van der Waals surface area contributed by atoms with Crippen molar-refractivity contribution >= 4 is 10.9 Å². The number of nitrogens with one attached hydrogen (secondary N) is 1. The number of para-hydroxylation sites is 1. The van der Waals surface area contributed by atoms with Gasteiger partial charge in [-0.2, -0.15) is 5.10 Å². The highest BCUT2D eigenvalue weighted by molar-refractivity contribution is 5.82. The Balaban J connectivity index is 0.00000112. The van der Waals surface area contributed by atoms with Crippen LogP contribution in [-0.4, -0.2) is 10.2 Å². The molecule has 0 spiro atoms. The molecule has 4 heteroatoms. The Morgan fingerprint density at radius 3 is 2.67 bits per heavy atom. The molecule has 0 atom stereocenters. The van der Waals surface area contributed by atoms with Gasteiger partial charge in [0, 0.05) is 5.39 Å². The first-order valence-corrected chi connectivity index (χ1v) is 4.42. The van der Waals surface area contributed by atoms with E-state index in [2.05, 4.69) is 10.2 Å². The van der Waals surface area contributed by atoms with Crippen molar-refractivity contribution in [1.82, 2.24) is 10.2 Å². The van der Waals surface area contributed by atoms with E-state index in [1.54, 1.807) is 6.07 Å². The summed E-state index contributed by atoms with van der Waals surface area (Å²) >= 11 is 0. The summed E-state index contributed by atoms with van der Waals surface area (Å²) in [6.45, 7) is 3.70. The highest BCUT2D eigenvalue weighted by Crippen LogP contribution is 2.25. The van der Waals surface area contributed by atoms with Crippen molar-refractivity contribution in [1.29, 1.82) is 0 Å². The molecule has 0 amide bonds. The van der Waals surface area contributed by atoms with E-state index in [0.29, 0.717) is 5.52 Å². The first kappa shape index (κ1) is 11.7. The van der Waals surface area contributed by atoms with Gasteiger partial charge in [-0.1, -0.05) is 19.6 Å². The molecule has 3 nitrogen and oxygen atoms in total. The van der Waals surface area contributed by atoms with Crippen molar-refractivity contribution in [3.8, 4) is 0 Å². The third-order valence-corrected chi connectivity index (χ3v) is 2.18. The zero-order chi connectivity index (χ0) is 10.3. The van der Waals surface area contributed by atoms with Crippen molar-refractivity contribution in [3.63, 3.8) is 0 Å². The van der Waals surface area contributed by atoms with Gasteiger partial charge in [0.05, 0.1) is 11.2 Å². The van der Waals surface area contributed by atoms with Crippen LogP contribution in [0.3, 0.4) is 0 Å². The minimum atomic E-state index is -0.539. The molecular formula is C11H16FN3. The Bertz CT molecular complexity index is 468. The van der Waals surface area contributed by atoms with Gasteiger partial charge in [-0.05, 0) is 19.9 Å². The van der Waals surface area contributed by atoms with Gasteiger partial charge in [-0.25, -0.2) is 4.39 Å². The van der Waals surface area contributed by atoms with E-state index < -0.39 is 5.54 Å². The maximum absolute atomic E-state index is 13.3. The van der Waals surface area contributed by atoms with E-state index in [4.69, 9.17) is 5.73 Å². The van der Waals surface area contributed by atoms with E-state index >= 15 is 0 Å². The number of aromatic amines is 1. The highest BCUT2D eigenvalue weighted by Gasteiger charge is 2.20. The van der Waals surface area contributed by atoms with E-state index in [1.807, 2.05) is 19.9 Å². The molecular weight excluding hydrogens is 193 g/mol. The maximum atomic E-state index is 13.3. The fraction of sp³-hybridized carbons (Fsp3) is 0.364. The van der Waals surface area contributed by atoms with Crippen LogP contribution in [0.5, 0.6) is 0 Å². The smallest absolute Gasteiger partial charge is 0.151 e. The van der Waals surface area contributed by atoms with Gasteiger partial charge in [0.15, 0.2) is 5.82 Å². The van der Waals surface area contributed by atoms with Crippen LogP contribution in [0.25, 0.3) is 10.9 Å². The number of halogens is 1. The molecule has 1 heterocycles. The molecule has 0 aliphatic carbocycles. The number of hydrogen-bond donors (Lipinski definition) is 2. The number of benzene rings is 1. The van der Waals surface area contributed by atoms with Gasteiger partial charge in [-0.15, -0.1) is 0 Å². The zero-order valence-electron chi connectivity index (χ0n) is 8.13. The molecule has 0 fully saturated rings. The van der Waals surface area contributed by atoms with Gasteiger partial charge in [0.25, 0.3) is 0 Å². The zero-order valence-corrected chi connectivity index (χ0v) is 8.13. The Morgan fingerprint density at radius 2 is 2.07 bits per heavy atom. The van der Waals surface area contributed by atoms with E-state index in [0.717, 1.165) is 11.1 Å². The third kappa shape index (κ3) is 1.85. The quantitative estimate of drug-likeness (QED) is 0.758. The number of hydrogen-bond acceptors (Lipinski definition) is 2. The molecule has 1 aromatic heterocycles. The fourth-order valence-corrected chi connectivity index (χ4v) is 1.49. The SMILES string of the molecule is C.CC(C)(N)c1[nH]nc2c(F)cccc12. The summed E-state index contributed by atoms with van der Waals surface area (Å²) in [6.07, 6.45) is 0. The molecule has 0 unspecified atom stereocenters. The summed E-state index contributed by atoms with van der Waals surface area (Å²) in [5, 5.41) is 7.43. The van der Waals surface area contributed by atoms with Gasteiger partial charge in [-0.3, -0.25) is 5.10 Å². The lowest BCUT2D eigenvalue weighted by molar-refractivity contribution is 0.538. The minimum absolute atomic E-state index is 0. The molecule has 15 heavy (non-hydrogen) atoms. The van der Waals surface area contributed by atoms with Crippen molar-refractivity contribution in [2.45, 2.75) is 26.8 Å². The lowest BCUT2D eigenvalue weighted by Gasteiger charge is -2.16. The predicted molar refractivity (Wildman–Crippen MR) is 60.0 cm³/mol. The second-order valence-electron chi connectivity index (χ2n) is 3.96. The highest BCUT2D eigenvalue weighted by atomic mass is 19.1. The summed E-state index contributed by atoms with van der Waals surface area (Å²) in [7, 11) is 0. The van der Waals surface area contributed by atoms with Crippen LogP contribution in [0.2, 0.25) is 0 Å². The van der Waals surface area contributed by atoms with Crippen molar-refractivity contribution in [2.24, 2.45) is 5.73 Å². The normalized spacial score (nSPS) is 11.5. The molecule has 0 bridgehead atoms. The van der Waals surface area contributed by atoms with Crippen LogP contribution < -0.4 is 5.73 Å². The Kier molecular flexibility index (Phi) is 2.81. The lowest BCUT2D eigenvalue weighted by Crippen LogP contribution is -2.29. The standard InChI is InChI=1S/C10H12FN3.CH4/c1-10(2,12)9-6-4-3-5-7(11)8(6)13-14-9;/h3-5H,12H2,1-2H3,(H,13,14);1H4. The molecule has 1 aromatic carbocycles. The van der Waals surface area contributed by atoms with Crippen molar-refractivity contribution in [3.05, 3.63) is 29.7 Å². The number of nitrogens with zero attached hydrogens (tertiary/aromatic N) is 1. The number of fused-ring (bicyclic) bond motifs is 1. The second-order valence-corrected chi connectivity index (χ2v) is 3.96. The molecule has 2 aromatic rings. The third-order valence-electron chi connectivity index (χ3n) is 2.18.